The van der Waals surface area contributed by atoms with E-state index in [0.29, 0.717) is 29.6 Å². The van der Waals surface area contributed by atoms with Gasteiger partial charge in [-0.25, -0.2) is 0 Å². The summed E-state index contributed by atoms with van der Waals surface area (Å²) in [6.07, 6.45) is 6.44. The van der Waals surface area contributed by atoms with E-state index in [2.05, 4.69) is 20.8 Å². The fourth-order valence-electron chi connectivity index (χ4n) is 7.54. The second-order valence-electron chi connectivity index (χ2n) is 9.93. The Hall–Kier alpha value is -0.120. The molecule has 10 atom stereocenters. The van der Waals surface area contributed by atoms with E-state index in [1.165, 1.54) is 0 Å². The zero-order valence-electron chi connectivity index (χ0n) is 14.9. The Balaban J connectivity index is 1.68. The molecule has 0 amide bonds. The van der Waals surface area contributed by atoms with Crippen LogP contribution in [0.5, 0.6) is 0 Å². The Kier molecular flexibility index (Phi) is 3.69. The zero-order valence-corrected chi connectivity index (χ0v) is 14.9. The SMILES string of the molecule is C[C@@H]1CC2C3C(CC[C@]2(C)[C@H]1O)[C@@]1(C)CC[C@@H](O)C[C@H]1C[C@H]3O. The predicted octanol–water partition coefficient (Wildman–Crippen LogP) is 2.97. The van der Waals surface area contributed by atoms with Crippen LogP contribution in [0.25, 0.3) is 0 Å². The van der Waals surface area contributed by atoms with Gasteiger partial charge in [0.25, 0.3) is 0 Å². The summed E-state index contributed by atoms with van der Waals surface area (Å²) in [5.41, 5.74) is 0.278. The molecule has 4 aliphatic rings. The predicted molar refractivity (Wildman–Crippen MR) is 89.7 cm³/mol. The molecule has 0 spiro atoms. The molecular weight excluding hydrogens is 288 g/mol. The summed E-state index contributed by atoms with van der Waals surface area (Å²) in [5.74, 6) is 2.21. The molecule has 3 unspecified atom stereocenters. The molecule has 3 N–H and O–H groups in total. The lowest BCUT2D eigenvalue weighted by molar-refractivity contribution is -0.177. The van der Waals surface area contributed by atoms with Gasteiger partial charge in [-0.05, 0) is 85.4 Å². The number of fused-ring (bicyclic) bond motifs is 5. The molecule has 0 bridgehead atoms. The standard InChI is InChI=1S/C20H34O3/c1-11-8-15-17-14(5-7-20(15,3)18(11)23)19(2)6-4-13(21)9-12(19)10-16(17)22/h11-18,21-23H,4-10H2,1-3H3/t11-,12+,13-,14?,15?,16-,17?,18+,19+,20+/m1/s1. The summed E-state index contributed by atoms with van der Waals surface area (Å²) < 4.78 is 0. The molecule has 4 aliphatic carbocycles. The topological polar surface area (TPSA) is 60.7 Å². The van der Waals surface area contributed by atoms with Crippen molar-refractivity contribution < 1.29 is 15.3 Å². The van der Waals surface area contributed by atoms with E-state index in [1.54, 1.807) is 0 Å². The molecule has 0 aromatic rings. The molecule has 132 valence electrons. The molecule has 0 aromatic heterocycles. The molecule has 23 heavy (non-hydrogen) atoms. The van der Waals surface area contributed by atoms with E-state index in [9.17, 15) is 15.3 Å². The van der Waals surface area contributed by atoms with Crippen molar-refractivity contribution >= 4 is 0 Å². The first kappa shape index (κ1) is 16.4. The van der Waals surface area contributed by atoms with Gasteiger partial charge in [0, 0.05) is 0 Å². The summed E-state index contributed by atoms with van der Waals surface area (Å²) >= 11 is 0. The van der Waals surface area contributed by atoms with Crippen molar-refractivity contribution in [2.24, 2.45) is 40.4 Å². The van der Waals surface area contributed by atoms with Crippen LogP contribution in [0.1, 0.15) is 65.7 Å². The van der Waals surface area contributed by atoms with E-state index in [-0.39, 0.29) is 29.1 Å². The summed E-state index contributed by atoms with van der Waals surface area (Å²) in [6.45, 7) is 6.89. The highest BCUT2D eigenvalue weighted by atomic mass is 16.3. The molecule has 0 aliphatic heterocycles. The summed E-state index contributed by atoms with van der Waals surface area (Å²) in [5, 5.41) is 31.9. The number of aliphatic hydroxyl groups is 3. The largest absolute Gasteiger partial charge is 0.393 e. The lowest BCUT2D eigenvalue weighted by Gasteiger charge is -2.61. The van der Waals surface area contributed by atoms with Gasteiger partial charge in [-0.3, -0.25) is 0 Å². The monoisotopic (exact) mass is 322 g/mol. The molecule has 0 radical (unpaired) electrons. The normalized spacial score (nSPS) is 62.3. The Bertz CT molecular complexity index is 480. The summed E-state index contributed by atoms with van der Waals surface area (Å²) in [7, 11) is 0. The Morgan fingerprint density at radius 2 is 1.52 bits per heavy atom. The van der Waals surface area contributed by atoms with E-state index in [1.807, 2.05) is 0 Å². The van der Waals surface area contributed by atoms with Crippen LogP contribution in [-0.4, -0.2) is 33.6 Å². The average Bonchev–Trinajstić information content (AvgIpc) is 2.73. The van der Waals surface area contributed by atoms with E-state index < -0.39 is 0 Å². The fourth-order valence-corrected chi connectivity index (χ4v) is 7.54. The second kappa shape index (κ2) is 5.19. The quantitative estimate of drug-likeness (QED) is 0.642. The number of hydrogen-bond donors (Lipinski definition) is 3. The van der Waals surface area contributed by atoms with Crippen molar-refractivity contribution in [2.45, 2.75) is 84.0 Å². The van der Waals surface area contributed by atoms with Crippen LogP contribution >= 0.6 is 0 Å². The maximum Gasteiger partial charge on any atom is 0.0622 e. The Morgan fingerprint density at radius 3 is 2.26 bits per heavy atom. The second-order valence-corrected chi connectivity index (χ2v) is 9.93. The number of hydrogen-bond acceptors (Lipinski definition) is 3. The van der Waals surface area contributed by atoms with Crippen molar-refractivity contribution in [2.75, 3.05) is 0 Å². The van der Waals surface area contributed by atoms with E-state index in [0.717, 1.165) is 44.9 Å². The Morgan fingerprint density at radius 1 is 0.826 bits per heavy atom. The smallest absolute Gasteiger partial charge is 0.0622 e. The molecular formula is C20H34O3. The molecule has 4 rings (SSSR count). The van der Waals surface area contributed by atoms with Crippen molar-refractivity contribution in [3.63, 3.8) is 0 Å². The highest BCUT2D eigenvalue weighted by Gasteiger charge is 2.63. The first-order chi connectivity index (χ1) is 10.8. The fraction of sp³-hybridized carbons (Fsp3) is 1.00. The van der Waals surface area contributed by atoms with Crippen LogP contribution in [-0.2, 0) is 0 Å². The van der Waals surface area contributed by atoms with Gasteiger partial charge in [-0.1, -0.05) is 20.8 Å². The first-order valence-corrected chi connectivity index (χ1v) is 9.81. The van der Waals surface area contributed by atoms with Crippen LogP contribution in [0.3, 0.4) is 0 Å². The van der Waals surface area contributed by atoms with Gasteiger partial charge in [0.05, 0.1) is 18.3 Å². The van der Waals surface area contributed by atoms with Crippen LogP contribution in [0, 0.1) is 40.4 Å². The van der Waals surface area contributed by atoms with Crippen LogP contribution in [0.4, 0.5) is 0 Å². The van der Waals surface area contributed by atoms with Gasteiger partial charge >= 0.3 is 0 Å². The molecule has 4 fully saturated rings. The van der Waals surface area contributed by atoms with Gasteiger partial charge in [0.1, 0.15) is 0 Å². The summed E-state index contributed by atoms with van der Waals surface area (Å²) in [4.78, 5) is 0. The van der Waals surface area contributed by atoms with E-state index in [4.69, 9.17) is 0 Å². The van der Waals surface area contributed by atoms with Crippen molar-refractivity contribution in [3.05, 3.63) is 0 Å². The highest BCUT2D eigenvalue weighted by Crippen LogP contribution is 2.66. The molecule has 4 saturated carbocycles. The number of rotatable bonds is 0. The zero-order chi connectivity index (χ0) is 16.6. The van der Waals surface area contributed by atoms with Gasteiger partial charge in [-0.15, -0.1) is 0 Å². The minimum atomic E-state index is -0.245. The van der Waals surface area contributed by atoms with Crippen LogP contribution in [0.15, 0.2) is 0 Å². The Labute approximate surface area is 140 Å². The first-order valence-electron chi connectivity index (χ1n) is 9.81. The lowest BCUT2D eigenvalue weighted by Crippen LogP contribution is -2.58. The minimum Gasteiger partial charge on any atom is -0.393 e. The molecule has 3 heteroatoms. The van der Waals surface area contributed by atoms with Crippen molar-refractivity contribution in [1.82, 2.24) is 0 Å². The van der Waals surface area contributed by atoms with Gasteiger partial charge in [0.2, 0.25) is 0 Å². The third-order valence-electron chi connectivity index (χ3n) is 8.93. The summed E-state index contributed by atoms with van der Waals surface area (Å²) in [6, 6.07) is 0. The van der Waals surface area contributed by atoms with Gasteiger partial charge in [0.15, 0.2) is 0 Å². The molecule has 3 nitrogen and oxygen atoms in total. The molecule has 0 heterocycles. The maximum absolute atomic E-state index is 11.0. The maximum atomic E-state index is 11.0. The minimum absolute atomic E-state index is 0.00105. The average molecular weight is 322 g/mol. The lowest BCUT2D eigenvalue weighted by atomic mass is 9.44. The highest BCUT2D eigenvalue weighted by molar-refractivity contribution is 5.12. The van der Waals surface area contributed by atoms with Crippen molar-refractivity contribution in [1.29, 1.82) is 0 Å². The van der Waals surface area contributed by atoms with Crippen molar-refractivity contribution in [3.8, 4) is 0 Å². The van der Waals surface area contributed by atoms with Gasteiger partial charge in [-0.2, -0.15) is 0 Å². The van der Waals surface area contributed by atoms with E-state index >= 15 is 0 Å². The molecule has 0 aromatic carbocycles. The molecule has 0 saturated heterocycles. The van der Waals surface area contributed by atoms with Crippen LogP contribution in [0.2, 0.25) is 0 Å². The number of aliphatic hydroxyl groups excluding tert-OH is 3. The van der Waals surface area contributed by atoms with Gasteiger partial charge < -0.3 is 15.3 Å². The third-order valence-corrected chi connectivity index (χ3v) is 8.93. The third kappa shape index (κ3) is 2.12. The van der Waals surface area contributed by atoms with Crippen LogP contribution < -0.4 is 0 Å².